The average Bonchev–Trinajstić information content (AvgIpc) is 3.05. The van der Waals surface area contributed by atoms with Crippen LogP contribution in [0.5, 0.6) is 5.75 Å². The molecule has 2 N–H and O–H groups in total. The van der Waals surface area contributed by atoms with Gasteiger partial charge in [-0.25, -0.2) is 0 Å². The Kier molecular flexibility index (Phi) is 5.02. The largest absolute Gasteiger partial charge is 0.481 e. The SMILES string of the molecule is C#CCOc1ccc(C(=O)NCC(O)c2ccco2)cc1. The molecule has 0 saturated heterocycles. The van der Waals surface area contributed by atoms with Gasteiger partial charge in [0.05, 0.1) is 12.8 Å². The molecule has 2 rings (SSSR count). The predicted octanol–water partition coefficient (Wildman–Crippen LogP) is 1.75. The zero-order chi connectivity index (χ0) is 15.1. The molecular weight excluding hydrogens is 270 g/mol. The fraction of sp³-hybridized carbons (Fsp3) is 0.188. The van der Waals surface area contributed by atoms with Crippen molar-refractivity contribution in [2.45, 2.75) is 6.10 Å². The molecule has 108 valence electrons. The van der Waals surface area contributed by atoms with Crippen LogP contribution in [0.4, 0.5) is 0 Å². The smallest absolute Gasteiger partial charge is 0.251 e. The Hall–Kier alpha value is -2.71. The second-order valence-electron chi connectivity index (χ2n) is 4.26. The van der Waals surface area contributed by atoms with Gasteiger partial charge in [-0.3, -0.25) is 4.79 Å². The molecule has 2 aromatic rings. The van der Waals surface area contributed by atoms with Crippen LogP contribution in [0.15, 0.2) is 47.1 Å². The van der Waals surface area contributed by atoms with Crippen LogP contribution in [-0.4, -0.2) is 24.2 Å². The normalized spacial score (nSPS) is 11.4. The summed E-state index contributed by atoms with van der Waals surface area (Å²) >= 11 is 0. The first-order valence-corrected chi connectivity index (χ1v) is 6.36. The van der Waals surface area contributed by atoms with E-state index in [1.807, 2.05) is 0 Å². The number of hydrogen-bond acceptors (Lipinski definition) is 4. The van der Waals surface area contributed by atoms with Gasteiger partial charge in [-0.15, -0.1) is 6.42 Å². The lowest BCUT2D eigenvalue weighted by Crippen LogP contribution is -2.28. The number of ether oxygens (including phenoxy) is 1. The fourth-order valence-corrected chi connectivity index (χ4v) is 1.70. The molecule has 0 radical (unpaired) electrons. The minimum Gasteiger partial charge on any atom is -0.481 e. The standard InChI is InChI=1S/C16H15NO4/c1-2-9-20-13-7-5-12(6-8-13)16(19)17-11-14(18)15-4-3-10-21-15/h1,3-8,10,14,18H,9,11H2,(H,17,19). The molecular formula is C16H15NO4. The van der Waals surface area contributed by atoms with E-state index in [1.165, 1.54) is 6.26 Å². The number of furan rings is 1. The van der Waals surface area contributed by atoms with Gasteiger partial charge in [0.25, 0.3) is 5.91 Å². The van der Waals surface area contributed by atoms with Gasteiger partial charge in [-0.1, -0.05) is 5.92 Å². The summed E-state index contributed by atoms with van der Waals surface area (Å²) < 4.78 is 10.3. The van der Waals surface area contributed by atoms with Gasteiger partial charge in [0.2, 0.25) is 0 Å². The van der Waals surface area contributed by atoms with E-state index >= 15 is 0 Å². The Bertz CT molecular complexity index is 611. The quantitative estimate of drug-likeness (QED) is 0.793. The molecule has 1 unspecified atom stereocenters. The molecule has 0 aliphatic carbocycles. The summed E-state index contributed by atoms with van der Waals surface area (Å²) in [6.45, 7) is 0.253. The van der Waals surface area contributed by atoms with Crippen molar-refractivity contribution in [1.29, 1.82) is 0 Å². The summed E-state index contributed by atoms with van der Waals surface area (Å²) in [6.07, 6.45) is 5.69. The van der Waals surface area contributed by atoms with Crippen molar-refractivity contribution in [1.82, 2.24) is 5.32 Å². The van der Waals surface area contributed by atoms with Gasteiger partial charge in [-0.05, 0) is 36.4 Å². The molecule has 5 heteroatoms. The van der Waals surface area contributed by atoms with Crippen LogP contribution >= 0.6 is 0 Å². The van der Waals surface area contributed by atoms with Crippen molar-refractivity contribution in [3.05, 3.63) is 54.0 Å². The first-order valence-electron chi connectivity index (χ1n) is 6.36. The van der Waals surface area contributed by atoms with E-state index in [1.54, 1.807) is 36.4 Å². The fourth-order valence-electron chi connectivity index (χ4n) is 1.70. The highest BCUT2D eigenvalue weighted by atomic mass is 16.5. The monoisotopic (exact) mass is 285 g/mol. The van der Waals surface area contributed by atoms with Crippen LogP contribution in [0.25, 0.3) is 0 Å². The molecule has 1 atom stereocenters. The Morgan fingerprint density at radius 2 is 2.14 bits per heavy atom. The lowest BCUT2D eigenvalue weighted by Gasteiger charge is -2.10. The van der Waals surface area contributed by atoms with E-state index in [0.29, 0.717) is 17.1 Å². The number of benzene rings is 1. The zero-order valence-electron chi connectivity index (χ0n) is 11.3. The number of amides is 1. The lowest BCUT2D eigenvalue weighted by molar-refractivity contribution is 0.0901. The molecule has 1 aromatic heterocycles. The van der Waals surface area contributed by atoms with E-state index in [0.717, 1.165) is 0 Å². The second-order valence-corrected chi connectivity index (χ2v) is 4.26. The third-order valence-corrected chi connectivity index (χ3v) is 2.77. The Morgan fingerprint density at radius 3 is 2.76 bits per heavy atom. The number of aliphatic hydroxyl groups is 1. The molecule has 0 fully saturated rings. The number of terminal acetylenes is 1. The third kappa shape index (κ3) is 4.13. The maximum absolute atomic E-state index is 11.9. The molecule has 0 saturated carbocycles. The predicted molar refractivity (Wildman–Crippen MR) is 76.8 cm³/mol. The number of aliphatic hydroxyl groups excluding tert-OH is 1. The van der Waals surface area contributed by atoms with E-state index in [9.17, 15) is 9.90 Å². The van der Waals surface area contributed by atoms with Crippen LogP contribution in [0.2, 0.25) is 0 Å². The maximum atomic E-state index is 11.9. The van der Waals surface area contributed by atoms with Crippen molar-refractivity contribution < 1.29 is 19.1 Å². The summed E-state index contributed by atoms with van der Waals surface area (Å²) in [4.78, 5) is 11.9. The first kappa shape index (κ1) is 14.7. The van der Waals surface area contributed by atoms with E-state index in [-0.39, 0.29) is 19.1 Å². The summed E-state index contributed by atoms with van der Waals surface area (Å²) in [5, 5.41) is 12.4. The highest BCUT2D eigenvalue weighted by molar-refractivity contribution is 5.94. The summed E-state index contributed by atoms with van der Waals surface area (Å²) in [5.41, 5.74) is 0.467. The van der Waals surface area contributed by atoms with Crippen molar-refractivity contribution in [2.24, 2.45) is 0 Å². The molecule has 0 bridgehead atoms. The number of rotatable bonds is 6. The highest BCUT2D eigenvalue weighted by Crippen LogP contribution is 2.14. The van der Waals surface area contributed by atoms with Gasteiger partial charge in [0.1, 0.15) is 24.2 Å². The molecule has 0 aliphatic rings. The van der Waals surface area contributed by atoms with Crippen LogP contribution in [0, 0.1) is 12.3 Å². The van der Waals surface area contributed by atoms with Crippen LogP contribution in [-0.2, 0) is 0 Å². The third-order valence-electron chi connectivity index (χ3n) is 2.77. The number of carbonyl (C=O) groups excluding carboxylic acids is 1. The van der Waals surface area contributed by atoms with Crippen LogP contribution in [0.1, 0.15) is 22.2 Å². The Morgan fingerprint density at radius 1 is 1.38 bits per heavy atom. The van der Waals surface area contributed by atoms with Gasteiger partial charge in [-0.2, -0.15) is 0 Å². The topological polar surface area (TPSA) is 71.7 Å². The minimum absolute atomic E-state index is 0.0711. The average molecular weight is 285 g/mol. The number of hydrogen-bond donors (Lipinski definition) is 2. The molecule has 5 nitrogen and oxygen atoms in total. The summed E-state index contributed by atoms with van der Waals surface area (Å²) in [6, 6.07) is 9.90. The van der Waals surface area contributed by atoms with Crippen LogP contribution < -0.4 is 10.1 Å². The van der Waals surface area contributed by atoms with E-state index < -0.39 is 6.10 Å². The van der Waals surface area contributed by atoms with E-state index in [2.05, 4.69) is 11.2 Å². The van der Waals surface area contributed by atoms with Crippen molar-refractivity contribution in [3.8, 4) is 18.1 Å². The molecule has 0 spiro atoms. The molecule has 21 heavy (non-hydrogen) atoms. The zero-order valence-corrected chi connectivity index (χ0v) is 11.3. The number of carbonyl (C=O) groups is 1. The second kappa shape index (κ2) is 7.17. The summed E-state index contributed by atoms with van der Waals surface area (Å²) in [5.74, 6) is 3.08. The van der Waals surface area contributed by atoms with Crippen molar-refractivity contribution >= 4 is 5.91 Å². The maximum Gasteiger partial charge on any atom is 0.251 e. The Balaban J connectivity index is 1.87. The van der Waals surface area contributed by atoms with Gasteiger partial charge in [0, 0.05) is 5.56 Å². The van der Waals surface area contributed by atoms with Crippen molar-refractivity contribution in [2.75, 3.05) is 13.2 Å². The molecule has 1 aromatic carbocycles. The molecule has 0 aliphatic heterocycles. The number of nitrogens with one attached hydrogen (secondary N) is 1. The summed E-state index contributed by atoms with van der Waals surface area (Å²) in [7, 11) is 0. The van der Waals surface area contributed by atoms with Gasteiger partial charge >= 0.3 is 0 Å². The van der Waals surface area contributed by atoms with Gasteiger partial charge in [0.15, 0.2) is 0 Å². The minimum atomic E-state index is -0.873. The van der Waals surface area contributed by atoms with Crippen LogP contribution in [0.3, 0.4) is 0 Å². The molecule has 1 heterocycles. The Labute approximate surface area is 122 Å². The lowest BCUT2D eigenvalue weighted by atomic mass is 10.2. The highest BCUT2D eigenvalue weighted by Gasteiger charge is 2.12. The van der Waals surface area contributed by atoms with E-state index in [4.69, 9.17) is 15.6 Å². The molecule has 1 amide bonds. The first-order chi connectivity index (χ1) is 10.2. The van der Waals surface area contributed by atoms with Gasteiger partial charge < -0.3 is 19.6 Å². The van der Waals surface area contributed by atoms with Crippen molar-refractivity contribution in [3.63, 3.8) is 0 Å².